The van der Waals surface area contributed by atoms with E-state index in [1.54, 1.807) is 0 Å². The summed E-state index contributed by atoms with van der Waals surface area (Å²) >= 11 is 2.08. The van der Waals surface area contributed by atoms with Crippen LogP contribution in [0.4, 0.5) is 0 Å². The summed E-state index contributed by atoms with van der Waals surface area (Å²) in [5.74, 6) is 5.02. The van der Waals surface area contributed by atoms with Gasteiger partial charge in [-0.05, 0) is 50.0 Å². The Hall–Kier alpha value is 0.350. The SMILES string of the molecule is CCNC(=NCC1CCSCC1)NC(C)C(C)C.I. The zero-order valence-electron chi connectivity index (χ0n) is 12.7. The third-order valence-corrected chi connectivity index (χ3v) is 4.61. The highest BCUT2D eigenvalue weighted by molar-refractivity contribution is 14.0. The van der Waals surface area contributed by atoms with Crippen LogP contribution >= 0.6 is 35.7 Å². The van der Waals surface area contributed by atoms with Crippen LogP contribution in [0.1, 0.15) is 40.5 Å². The van der Waals surface area contributed by atoms with E-state index >= 15 is 0 Å². The van der Waals surface area contributed by atoms with E-state index in [9.17, 15) is 0 Å². The molecule has 1 atom stereocenters. The molecular formula is C14H30IN3S. The average Bonchev–Trinajstić information content (AvgIpc) is 2.37. The fourth-order valence-electron chi connectivity index (χ4n) is 1.85. The van der Waals surface area contributed by atoms with Crippen molar-refractivity contribution >= 4 is 41.7 Å². The molecule has 1 rings (SSSR count). The van der Waals surface area contributed by atoms with Gasteiger partial charge in [-0.3, -0.25) is 4.99 Å². The molecule has 0 radical (unpaired) electrons. The predicted molar refractivity (Wildman–Crippen MR) is 98.9 cm³/mol. The van der Waals surface area contributed by atoms with Crippen molar-refractivity contribution in [3.63, 3.8) is 0 Å². The molecule has 0 aliphatic carbocycles. The van der Waals surface area contributed by atoms with Crippen molar-refractivity contribution in [3.05, 3.63) is 0 Å². The number of hydrogen-bond acceptors (Lipinski definition) is 2. The van der Waals surface area contributed by atoms with E-state index in [4.69, 9.17) is 4.99 Å². The molecule has 2 N–H and O–H groups in total. The molecule has 1 aliphatic heterocycles. The molecule has 1 saturated heterocycles. The molecule has 5 heteroatoms. The highest BCUT2D eigenvalue weighted by Gasteiger charge is 2.14. The molecule has 19 heavy (non-hydrogen) atoms. The van der Waals surface area contributed by atoms with E-state index in [1.165, 1.54) is 24.3 Å². The second-order valence-corrected chi connectivity index (χ2v) is 6.68. The quantitative estimate of drug-likeness (QED) is 0.423. The summed E-state index contributed by atoms with van der Waals surface area (Å²) < 4.78 is 0. The van der Waals surface area contributed by atoms with Crippen molar-refractivity contribution in [2.45, 2.75) is 46.6 Å². The normalized spacial score (nSPS) is 18.9. The van der Waals surface area contributed by atoms with Crippen LogP contribution in [-0.4, -0.2) is 36.6 Å². The van der Waals surface area contributed by atoms with Crippen LogP contribution in [0.2, 0.25) is 0 Å². The minimum atomic E-state index is 0. The Bertz CT molecular complexity index is 253. The lowest BCUT2D eigenvalue weighted by molar-refractivity contribution is 0.474. The third kappa shape index (κ3) is 8.27. The summed E-state index contributed by atoms with van der Waals surface area (Å²) in [6.45, 7) is 10.7. The summed E-state index contributed by atoms with van der Waals surface area (Å²) in [5.41, 5.74) is 0. The maximum absolute atomic E-state index is 4.74. The molecule has 1 fully saturated rings. The molecule has 1 unspecified atom stereocenters. The zero-order valence-corrected chi connectivity index (χ0v) is 15.9. The van der Waals surface area contributed by atoms with Gasteiger partial charge in [0.15, 0.2) is 5.96 Å². The van der Waals surface area contributed by atoms with Gasteiger partial charge in [-0.2, -0.15) is 11.8 Å². The standard InChI is InChI=1S/C14H29N3S.HI/c1-5-15-14(17-12(4)11(2)3)16-10-13-6-8-18-9-7-13;/h11-13H,5-10H2,1-4H3,(H2,15,16,17);1H. The predicted octanol–water partition coefficient (Wildman–Crippen LogP) is 3.35. The lowest BCUT2D eigenvalue weighted by Gasteiger charge is -2.23. The second kappa shape index (κ2) is 11.1. The number of aliphatic imine (C=N–C) groups is 1. The van der Waals surface area contributed by atoms with Gasteiger partial charge in [0.1, 0.15) is 0 Å². The number of rotatable bonds is 5. The van der Waals surface area contributed by atoms with Crippen LogP contribution in [0.25, 0.3) is 0 Å². The molecule has 0 amide bonds. The number of halogens is 1. The first-order valence-corrected chi connectivity index (χ1v) is 8.41. The molecule has 0 aromatic rings. The van der Waals surface area contributed by atoms with Gasteiger partial charge in [-0.1, -0.05) is 13.8 Å². The van der Waals surface area contributed by atoms with Gasteiger partial charge in [0.2, 0.25) is 0 Å². The summed E-state index contributed by atoms with van der Waals surface area (Å²) in [6.07, 6.45) is 2.65. The van der Waals surface area contributed by atoms with Gasteiger partial charge in [-0.15, -0.1) is 24.0 Å². The number of hydrogen-bond donors (Lipinski definition) is 2. The van der Waals surface area contributed by atoms with E-state index in [0.717, 1.165) is 25.0 Å². The van der Waals surface area contributed by atoms with Crippen LogP contribution < -0.4 is 10.6 Å². The highest BCUT2D eigenvalue weighted by atomic mass is 127. The summed E-state index contributed by atoms with van der Waals surface area (Å²) in [6, 6.07) is 0.463. The van der Waals surface area contributed by atoms with Crippen LogP contribution in [0.15, 0.2) is 4.99 Å². The number of nitrogens with one attached hydrogen (secondary N) is 2. The Morgan fingerprint density at radius 3 is 2.42 bits per heavy atom. The summed E-state index contributed by atoms with van der Waals surface area (Å²) in [4.78, 5) is 4.74. The lowest BCUT2D eigenvalue weighted by atomic mass is 10.0. The molecule has 114 valence electrons. The molecule has 3 nitrogen and oxygen atoms in total. The van der Waals surface area contributed by atoms with E-state index in [2.05, 4.69) is 50.1 Å². The first-order chi connectivity index (χ1) is 8.63. The Kier molecular flexibility index (Phi) is 11.3. The Balaban J connectivity index is 0.00000324. The minimum absolute atomic E-state index is 0. The molecule has 0 aromatic heterocycles. The topological polar surface area (TPSA) is 36.4 Å². The van der Waals surface area contributed by atoms with Gasteiger partial charge in [0.25, 0.3) is 0 Å². The van der Waals surface area contributed by atoms with Crippen LogP contribution in [0.5, 0.6) is 0 Å². The second-order valence-electron chi connectivity index (χ2n) is 5.45. The molecular weight excluding hydrogens is 369 g/mol. The van der Waals surface area contributed by atoms with E-state index in [-0.39, 0.29) is 24.0 Å². The number of nitrogens with zero attached hydrogens (tertiary/aromatic N) is 1. The van der Waals surface area contributed by atoms with Crippen molar-refractivity contribution in [1.29, 1.82) is 0 Å². The van der Waals surface area contributed by atoms with Gasteiger partial charge in [-0.25, -0.2) is 0 Å². The molecule has 1 aliphatic rings. The molecule has 0 aromatic carbocycles. The van der Waals surface area contributed by atoms with Crippen LogP contribution in [0.3, 0.4) is 0 Å². The first kappa shape index (κ1) is 19.4. The average molecular weight is 399 g/mol. The maximum Gasteiger partial charge on any atom is 0.191 e. The Labute approximate surface area is 140 Å². The van der Waals surface area contributed by atoms with E-state index < -0.39 is 0 Å². The van der Waals surface area contributed by atoms with Gasteiger partial charge < -0.3 is 10.6 Å². The fourth-order valence-corrected chi connectivity index (χ4v) is 3.06. The third-order valence-electron chi connectivity index (χ3n) is 3.56. The minimum Gasteiger partial charge on any atom is -0.357 e. The Morgan fingerprint density at radius 1 is 1.26 bits per heavy atom. The monoisotopic (exact) mass is 399 g/mol. The number of thioether (sulfide) groups is 1. The van der Waals surface area contributed by atoms with Crippen LogP contribution in [0, 0.1) is 11.8 Å². The van der Waals surface area contributed by atoms with E-state index in [1.807, 2.05) is 0 Å². The molecule has 0 bridgehead atoms. The summed E-state index contributed by atoms with van der Waals surface area (Å²) in [5, 5.41) is 6.83. The Morgan fingerprint density at radius 2 is 1.89 bits per heavy atom. The highest BCUT2D eigenvalue weighted by Crippen LogP contribution is 2.22. The zero-order chi connectivity index (χ0) is 13.4. The van der Waals surface area contributed by atoms with E-state index in [0.29, 0.717) is 12.0 Å². The maximum atomic E-state index is 4.74. The van der Waals surface area contributed by atoms with Crippen molar-refractivity contribution in [3.8, 4) is 0 Å². The van der Waals surface area contributed by atoms with Crippen molar-refractivity contribution in [1.82, 2.24) is 10.6 Å². The smallest absolute Gasteiger partial charge is 0.191 e. The fraction of sp³-hybridized carbons (Fsp3) is 0.929. The first-order valence-electron chi connectivity index (χ1n) is 7.26. The molecule has 0 spiro atoms. The van der Waals surface area contributed by atoms with Gasteiger partial charge in [0.05, 0.1) is 0 Å². The van der Waals surface area contributed by atoms with Crippen molar-refractivity contribution in [2.75, 3.05) is 24.6 Å². The number of guanidine groups is 1. The van der Waals surface area contributed by atoms with Gasteiger partial charge >= 0.3 is 0 Å². The molecule has 0 saturated carbocycles. The summed E-state index contributed by atoms with van der Waals surface area (Å²) in [7, 11) is 0. The largest absolute Gasteiger partial charge is 0.357 e. The lowest BCUT2D eigenvalue weighted by Crippen LogP contribution is -2.44. The van der Waals surface area contributed by atoms with Gasteiger partial charge in [0, 0.05) is 19.1 Å². The van der Waals surface area contributed by atoms with Crippen molar-refractivity contribution < 1.29 is 0 Å². The molecule has 1 heterocycles. The van der Waals surface area contributed by atoms with Crippen LogP contribution in [-0.2, 0) is 0 Å². The van der Waals surface area contributed by atoms with Crippen molar-refractivity contribution in [2.24, 2.45) is 16.8 Å².